The van der Waals surface area contributed by atoms with Crippen molar-refractivity contribution < 1.29 is 12.9 Å². The van der Waals surface area contributed by atoms with Crippen molar-refractivity contribution in [2.75, 3.05) is 0 Å². The SMILES string of the molecule is F[B-](F)(F)Cn1cnc2c1CCCC2. The molecule has 0 aromatic carbocycles. The Labute approximate surface area is 80.2 Å². The van der Waals surface area contributed by atoms with Crippen molar-refractivity contribution in [2.24, 2.45) is 0 Å². The molecule has 2 nitrogen and oxygen atoms in total. The van der Waals surface area contributed by atoms with Crippen LogP contribution in [0.2, 0.25) is 0 Å². The predicted molar refractivity (Wildman–Crippen MR) is 47.9 cm³/mol. The predicted octanol–water partition coefficient (Wildman–Crippen LogP) is 2.15. The van der Waals surface area contributed by atoms with Gasteiger partial charge in [0.15, 0.2) is 0 Å². The van der Waals surface area contributed by atoms with Crippen LogP contribution in [-0.2, 0) is 19.3 Å². The summed E-state index contributed by atoms with van der Waals surface area (Å²) in [5.74, 6) is 0. The molecule has 2 rings (SSSR count). The first-order valence-corrected chi connectivity index (χ1v) is 4.80. The van der Waals surface area contributed by atoms with Crippen LogP contribution in [0.25, 0.3) is 0 Å². The summed E-state index contributed by atoms with van der Waals surface area (Å²) < 4.78 is 37.9. The molecule has 1 aliphatic carbocycles. The Morgan fingerprint density at radius 1 is 1.29 bits per heavy atom. The highest BCUT2D eigenvalue weighted by atomic mass is 19.4. The molecule has 0 spiro atoms. The van der Waals surface area contributed by atoms with Gasteiger partial charge in [0.05, 0.1) is 12.0 Å². The molecule has 14 heavy (non-hydrogen) atoms. The Morgan fingerprint density at radius 3 is 2.71 bits per heavy atom. The average Bonchev–Trinajstić information content (AvgIpc) is 2.47. The summed E-state index contributed by atoms with van der Waals surface area (Å²) in [4.78, 5) is 4.01. The van der Waals surface area contributed by atoms with E-state index in [9.17, 15) is 12.9 Å². The first-order valence-electron chi connectivity index (χ1n) is 4.80. The van der Waals surface area contributed by atoms with Gasteiger partial charge in [-0.2, -0.15) is 0 Å². The number of halogens is 3. The number of hydrogen-bond donors (Lipinski definition) is 0. The van der Waals surface area contributed by atoms with Crippen molar-refractivity contribution in [2.45, 2.75) is 32.1 Å². The molecule has 78 valence electrons. The van der Waals surface area contributed by atoms with Gasteiger partial charge in [-0.15, -0.1) is 0 Å². The fraction of sp³-hybridized carbons (Fsp3) is 0.625. The molecule has 0 bridgehead atoms. The maximum Gasteiger partial charge on any atom is 0.497 e. The van der Waals surface area contributed by atoms with Crippen molar-refractivity contribution >= 4 is 6.98 Å². The third-order valence-corrected chi connectivity index (χ3v) is 2.51. The van der Waals surface area contributed by atoms with Gasteiger partial charge in [-0.1, -0.05) is 0 Å². The maximum absolute atomic E-state index is 12.2. The van der Waals surface area contributed by atoms with Crippen molar-refractivity contribution in [3.8, 4) is 0 Å². The molecule has 1 aliphatic rings. The normalized spacial score (nSPS) is 16.8. The first-order chi connectivity index (χ1) is 6.56. The van der Waals surface area contributed by atoms with E-state index in [1.54, 1.807) is 0 Å². The number of aryl methyl sites for hydroxylation is 1. The highest BCUT2D eigenvalue weighted by Gasteiger charge is 2.26. The molecular formula is C8H11BF3N2-. The first kappa shape index (κ1) is 9.61. The minimum Gasteiger partial charge on any atom is -0.448 e. The summed E-state index contributed by atoms with van der Waals surface area (Å²) in [6.45, 7) is -4.75. The van der Waals surface area contributed by atoms with Crippen molar-refractivity contribution in [1.82, 2.24) is 9.55 Å². The van der Waals surface area contributed by atoms with E-state index in [-0.39, 0.29) is 0 Å². The lowest BCUT2D eigenvalue weighted by Gasteiger charge is -2.19. The standard InChI is InChI=1S/C8H11BF3N2/c10-9(11,12)5-14-6-13-7-3-1-2-4-8(7)14/h6H,1-5H2/q-1. The highest BCUT2D eigenvalue weighted by molar-refractivity contribution is 6.57. The third-order valence-electron chi connectivity index (χ3n) is 2.51. The molecule has 0 unspecified atom stereocenters. The van der Waals surface area contributed by atoms with Crippen LogP contribution < -0.4 is 0 Å². The molecule has 0 amide bonds. The highest BCUT2D eigenvalue weighted by Crippen LogP contribution is 2.22. The lowest BCUT2D eigenvalue weighted by Crippen LogP contribution is -2.25. The number of hydrogen-bond acceptors (Lipinski definition) is 1. The van der Waals surface area contributed by atoms with E-state index in [1.165, 1.54) is 10.9 Å². The summed E-state index contributed by atoms with van der Waals surface area (Å²) in [7, 11) is 0. The van der Waals surface area contributed by atoms with Crippen molar-refractivity contribution in [3.05, 3.63) is 17.7 Å². The second-order valence-corrected chi connectivity index (χ2v) is 3.71. The zero-order chi connectivity index (χ0) is 10.2. The Morgan fingerprint density at radius 2 is 2.00 bits per heavy atom. The van der Waals surface area contributed by atoms with Crippen LogP contribution in [0.5, 0.6) is 0 Å². The molecule has 1 aromatic heterocycles. The van der Waals surface area contributed by atoms with E-state index >= 15 is 0 Å². The van der Waals surface area contributed by atoms with E-state index in [0.29, 0.717) is 0 Å². The maximum atomic E-state index is 12.2. The van der Waals surface area contributed by atoms with Gasteiger partial charge in [0.1, 0.15) is 0 Å². The van der Waals surface area contributed by atoms with Gasteiger partial charge in [0.25, 0.3) is 0 Å². The molecule has 1 heterocycles. The largest absolute Gasteiger partial charge is 0.497 e. The molecule has 0 aliphatic heterocycles. The number of fused-ring (bicyclic) bond motifs is 1. The lowest BCUT2D eigenvalue weighted by atomic mass is 9.91. The van der Waals surface area contributed by atoms with Crippen molar-refractivity contribution in [1.29, 1.82) is 0 Å². The summed E-state index contributed by atoms with van der Waals surface area (Å²) >= 11 is 0. The Hall–Kier alpha value is -0.935. The second kappa shape index (κ2) is 3.33. The minimum atomic E-state index is -4.75. The molecule has 0 N–H and O–H groups in total. The molecular weight excluding hydrogens is 192 g/mol. The van der Waals surface area contributed by atoms with Crippen LogP contribution in [0.15, 0.2) is 6.33 Å². The van der Waals surface area contributed by atoms with Gasteiger partial charge in [0.2, 0.25) is 0 Å². The fourth-order valence-electron chi connectivity index (χ4n) is 1.91. The van der Waals surface area contributed by atoms with Gasteiger partial charge >= 0.3 is 6.98 Å². The molecule has 0 atom stereocenters. The smallest absolute Gasteiger partial charge is 0.448 e. The van der Waals surface area contributed by atoms with E-state index in [1.807, 2.05) is 0 Å². The molecule has 1 aromatic rings. The van der Waals surface area contributed by atoms with E-state index < -0.39 is 13.4 Å². The Bertz CT molecular complexity index is 332. The van der Waals surface area contributed by atoms with Gasteiger partial charge in [0, 0.05) is 5.69 Å². The number of aromatic nitrogens is 2. The fourth-order valence-corrected chi connectivity index (χ4v) is 1.91. The molecule has 0 radical (unpaired) electrons. The quantitative estimate of drug-likeness (QED) is 0.673. The number of nitrogens with zero attached hydrogens (tertiary/aromatic N) is 2. The van der Waals surface area contributed by atoms with Crippen LogP contribution in [0.4, 0.5) is 12.9 Å². The van der Waals surface area contributed by atoms with Gasteiger partial charge in [-0.05, 0) is 32.1 Å². The molecule has 0 saturated carbocycles. The number of imidazole rings is 1. The number of rotatable bonds is 2. The summed E-state index contributed by atoms with van der Waals surface area (Å²) in [6, 6.07) is 0. The topological polar surface area (TPSA) is 17.8 Å². The van der Waals surface area contributed by atoms with Crippen LogP contribution in [0, 0.1) is 0 Å². The zero-order valence-corrected chi connectivity index (χ0v) is 7.72. The Balaban J connectivity index is 2.22. The van der Waals surface area contributed by atoms with Crippen molar-refractivity contribution in [3.63, 3.8) is 0 Å². The van der Waals surface area contributed by atoms with Gasteiger partial charge in [-0.25, -0.2) is 4.98 Å². The summed E-state index contributed by atoms with van der Waals surface area (Å²) in [5, 5.41) is 0. The Kier molecular flexibility index (Phi) is 2.29. The second-order valence-electron chi connectivity index (χ2n) is 3.71. The zero-order valence-electron chi connectivity index (χ0n) is 7.72. The molecule has 6 heteroatoms. The lowest BCUT2D eigenvalue weighted by molar-refractivity contribution is 0.441. The average molecular weight is 203 g/mol. The van der Waals surface area contributed by atoms with Gasteiger partial charge < -0.3 is 17.5 Å². The van der Waals surface area contributed by atoms with E-state index in [2.05, 4.69) is 4.98 Å². The van der Waals surface area contributed by atoms with Gasteiger partial charge in [-0.3, -0.25) is 0 Å². The summed E-state index contributed by atoms with van der Waals surface area (Å²) in [5.41, 5.74) is 1.65. The van der Waals surface area contributed by atoms with E-state index in [0.717, 1.165) is 37.1 Å². The molecule has 0 saturated heterocycles. The van der Waals surface area contributed by atoms with Crippen LogP contribution in [0.1, 0.15) is 24.2 Å². The third kappa shape index (κ3) is 1.94. The van der Waals surface area contributed by atoms with Crippen LogP contribution in [0.3, 0.4) is 0 Å². The van der Waals surface area contributed by atoms with Crippen LogP contribution in [-0.4, -0.2) is 16.5 Å². The monoisotopic (exact) mass is 203 g/mol. The summed E-state index contributed by atoms with van der Waals surface area (Å²) in [6.07, 6.45) is 4.06. The van der Waals surface area contributed by atoms with E-state index in [4.69, 9.17) is 0 Å². The minimum absolute atomic E-state index is 0.738. The van der Waals surface area contributed by atoms with Crippen LogP contribution >= 0.6 is 0 Å². The molecule has 0 fully saturated rings.